The molecule has 1 aliphatic rings. The third kappa shape index (κ3) is 4.27. The summed E-state index contributed by atoms with van der Waals surface area (Å²) in [5, 5.41) is 26.0. The van der Waals surface area contributed by atoms with Gasteiger partial charge >= 0.3 is 5.69 Å². The Bertz CT molecular complexity index is 1020. The molecule has 1 aliphatic heterocycles. The number of aromatic amines is 1. The first kappa shape index (κ1) is 19.1. The van der Waals surface area contributed by atoms with Crippen LogP contribution in [0.25, 0.3) is 17.1 Å². The number of likely N-dealkylation sites (tertiary alicyclic amines) is 1. The summed E-state index contributed by atoms with van der Waals surface area (Å²) in [6.45, 7) is 3.81. The fourth-order valence-corrected chi connectivity index (χ4v) is 3.59. The van der Waals surface area contributed by atoms with Crippen molar-refractivity contribution >= 4 is 0 Å². The largest absolute Gasteiger partial charge is 0.508 e. The SMILES string of the molecule is O=c1[nH]nc(-c2ccc(O)cc2O)n1-c1ccc(OCCN2CCCCC2)cc1. The highest BCUT2D eigenvalue weighted by Crippen LogP contribution is 2.31. The maximum atomic E-state index is 12.3. The number of rotatable bonds is 6. The van der Waals surface area contributed by atoms with E-state index in [9.17, 15) is 15.0 Å². The molecular formula is C21H24N4O4. The number of nitrogens with one attached hydrogen (secondary N) is 1. The molecule has 3 N–H and O–H groups in total. The Morgan fingerprint density at radius 2 is 1.79 bits per heavy atom. The molecular weight excluding hydrogens is 372 g/mol. The van der Waals surface area contributed by atoms with Gasteiger partial charge < -0.3 is 14.9 Å². The third-order valence-corrected chi connectivity index (χ3v) is 5.11. The summed E-state index contributed by atoms with van der Waals surface area (Å²) in [6.07, 6.45) is 3.83. The molecule has 8 heteroatoms. The predicted octanol–water partition coefficient (Wildman–Crippen LogP) is 2.50. The van der Waals surface area contributed by atoms with Crippen LogP contribution in [0.2, 0.25) is 0 Å². The molecule has 0 atom stereocenters. The third-order valence-electron chi connectivity index (χ3n) is 5.11. The van der Waals surface area contributed by atoms with E-state index in [1.54, 1.807) is 12.1 Å². The minimum atomic E-state index is -0.425. The Morgan fingerprint density at radius 1 is 1.03 bits per heavy atom. The van der Waals surface area contributed by atoms with E-state index in [2.05, 4.69) is 15.1 Å². The van der Waals surface area contributed by atoms with Crippen molar-refractivity contribution in [3.05, 3.63) is 52.9 Å². The van der Waals surface area contributed by atoms with Gasteiger partial charge in [0.2, 0.25) is 0 Å². The van der Waals surface area contributed by atoms with Crippen LogP contribution in [0.3, 0.4) is 0 Å². The lowest BCUT2D eigenvalue weighted by Crippen LogP contribution is -2.33. The fourth-order valence-electron chi connectivity index (χ4n) is 3.59. The molecule has 2 heterocycles. The van der Waals surface area contributed by atoms with Crippen molar-refractivity contribution in [2.75, 3.05) is 26.2 Å². The summed E-state index contributed by atoms with van der Waals surface area (Å²) in [4.78, 5) is 14.7. The predicted molar refractivity (Wildman–Crippen MR) is 109 cm³/mol. The topological polar surface area (TPSA) is 104 Å². The average molecular weight is 396 g/mol. The second-order valence-electron chi connectivity index (χ2n) is 7.13. The van der Waals surface area contributed by atoms with E-state index >= 15 is 0 Å². The molecule has 1 fully saturated rings. The molecule has 0 amide bonds. The molecule has 2 aromatic carbocycles. The highest BCUT2D eigenvalue weighted by atomic mass is 16.5. The van der Waals surface area contributed by atoms with E-state index in [-0.39, 0.29) is 17.3 Å². The van der Waals surface area contributed by atoms with Crippen molar-refractivity contribution in [1.29, 1.82) is 0 Å². The lowest BCUT2D eigenvalue weighted by molar-refractivity contribution is 0.183. The Balaban J connectivity index is 1.49. The van der Waals surface area contributed by atoms with Gasteiger partial charge in [-0.05, 0) is 62.3 Å². The second kappa shape index (κ2) is 8.40. The standard InChI is InChI=1S/C21H24N4O4/c26-16-6-9-18(19(27)14-16)20-22-23-21(28)25(20)15-4-7-17(8-5-15)29-13-12-24-10-2-1-3-11-24/h4-9,14,26-27H,1-3,10-13H2,(H,23,28). The fraction of sp³-hybridized carbons (Fsp3) is 0.333. The normalized spacial score (nSPS) is 14.8. The van der Waals surface area contributed by atoms with Crippen molar-refractivity contribution in [3.8, 4) is 34.3 Å². The summed E-state index contributed by atoms with van der Waals surface area (Å²) < 4.78 is 7.20. The molecule has 0 radical (unpaired) electrons. The molecule has 1 aromatic heterocycles. The lowest BCUT2D eigenvalue weighted by atomic mass is 10.1. The molecule has 8 nitrogen and oxygen atoms in total. The Labute approximate surface area is 168 Å². The van der Waals surface area contributed by atoms with Crippen LogP contribution in [0.1, 0.15) is 19.3 Å². The number of phenolic OH excluding ortho intramolecular Hbond substituents is 2. The molecule has 152 valence electrons. The zero-order valence-electron chi connectivity index (χ0n) is 16.0. The molecule has 0 spiro atoms. The summed E-state index contributed by atoms with van der Waals surface area (Å²) in [6, 6.07) is 11.3. The number of aromatic nitrogens is 3. The highest BCUT2D eigenvalue weighted by Gasteiger charge is 2.16. The van der Waals surface area contributed by atoms with Gasteiger partial charge in [0.15, 0.2) is 5.82 Å². The maximum Gasteiger partial charge on any atom is 0.348 e. The number of ether oxygens (including phenoxy) is 1. The first-order chi connectivity index (χ1) is 14.1. The lowest BCUT2D eigenvalue weighted by Gasteiger charge is -2.26. The van der Waals surface area contributed by atoms with Crippen LogP contribution < -0.4 is 10.4 Å². The molecule has 0 aliphatic carbocycles. The van der Waals surface area contributed by atoms with Gasteiger partial charge in [-0.15, -0.1) is 0 Å². The first-order valence-electron chi connectivity index (χ1n) is 9.77. The molecule has 3 aromatic rings. The number of hydrogen-bond acceptors (Lipinski definition) is 6. The number of H-pyrrole nitrogens is 1. The Hall–Kier alpha value is -3.26. The van der Waals surface area contributed by atoms with Gasteiger partial charge in [-0.2, -0.15) is 5.10 Å². The van der Waals surface area contributed by atoms with E-state index in [1.165, 1.54) is 42.0 Å². The highest BCUT2D eigenvalue weighted by molar-refractivity contribution is 5.66. The molecule has 29 heavy (non-hydrogen) atoms. The van der Waals surface area contributed by atoms with Gasteiger partial charge in [-0.3, -0.25) is 4.90 Å². The van der Waals surface area contributed by atoms with Gasteiger partial charge in [-0.1, -0.05) is 6.42 Å². The van der Waals surface area contributed by atoms with Crippen molar-refractivity contribution in [2.24, 2.45) is 0 Å². The molecule has 1 saturated heterocycles. The van der Waals surface area contributed by atoms with E-state index in [4.69, 9.17) is 4.74 Å². The van der Waals surface area contributed by atoms with Crippen molar-refractivity contribution in [1.82, 2.24) is 19.7 Å². The quantitative estimate of drug-likeness (QED) is 0.592. The second-order valence-corrected chi connectivity index (χ2v) is 7.13. The summed E-state index contributed by atoms with van der Waals surface area (Å²) in [7, 11) is 0. The molecule has 0 unspecified atom stereocenters. The van der Waals surface area contributed by atoms with Crippen molar-refractivity contribution in [3.63, 3.8) is 0 Å². The summed E-state index contributed by atoms with van der Waals surface area (Å²) in [5.74, 6) is 0.757. The molecule has 0 bridgehead atoms. The van der Waals surface area contributed by atoms with E-state index in [0.29, 0.717) is 17.9 Å². The zero-order chi connectivity index (χ0) is 20.2. The van der Waals surface area contributed by atoms with Crippen molar-refractivity contribution < 1.29 is 14.9 Å². The number of hydrogen-bond donors (Lipinski definition) is 3. The van der Waals surface area contributed by atoms with Crippen LogP contribution in [-0.2, 0) is 0 Å². The Kier molecular flexibility index (Phi) is 5.53. The molecule has 4 rings (SSSR count). The van der Waals surface area contributed by atoms with E-state index in [1.807, 2.05) is 12.1 Å². The Morgan fingerprint density at radius 3 is 2.52 bits per heavy atom. The van der Waals surface area contributed by atoms with Crippen LogP contribution in [0.15, 0.2) is 47.3 Å². The average Bonchev–Trinajstić information content (AvgIpc) is 3.10. The zero-order valence-corrected chi connectivity index (χ0v) is 16.0. The van der Waals surface area contributed by atoms with E-state index < -0.39 is 5.69 Å². The first-order valence-corrected chi connectivity index (χ1v) is 9.77. The minimum absolute atomic E-state index is 0.0678. The summed E-state index contributed by atoms with van der Waals surface area (Å²) in [5.41, 5.74) is 0.504. The number of benzene rings is 2. The van der Waals surface area contributed by atoms with Crippen LogP contribution >= 0.6 is 0 Å². The monoisotopic (exact) mass is 396 g/mol. The summed E-state index contributed by atoms with van der Waals surface area (Å²) >= 11 is 0. The number of nitrogens with zero attached hydrogens (tertiary/aromatic N) is 3. The number of phenols is 2. The van der Waals surface area contributed by atoms with Crippen LogP contribution in [0, 0.1) is 0 Å². The van der Waals surface area contributed by atoms with Crippen LogP contribution in [0.5, 0.6) is 17.2 Å². The van der Waals surface area contributed by atoms with Crippen molar-refractivity contribution in [2.45, 2.75) is 19.3 Å². The number of aromatic hydroxyl groups is 2. The van der Waals surface area contributed by atoms with E-state index in [0.717, 1.165) is 25.4 Å². The molecule has 0 saturated carbocycles. The maximum absolute atomic E-state index is 12.3. The van der Waals surface area contributed by atoms with Gasteiger partial charge in [0.05, 0.1) is 11.3 Å². The van der Waals surface area contributed by atoms with Crippen LogP contribution in [0.4, 0.5) is 0 Å². The smallest absolute Gasteiger partial charge is 0.348 e. The van der Waals surface area contributed by atoms with Gasteiger partial charge in [0.25, 0.3) is 0 Å². The van der Waals surface area contributed by atoms with Gasteiger partial charge in [-0.25, -0.2) is 14.5 Å². The van der Waals surface area contributed by atoms with Gasteiger partial charge in [0.1, 0.15) is 23.9 Å². The van der Waals surface area contributed by atoms with Crippen LogP contribution in [-0.4, -0.2) is 56.1 Å². The minimum Gasteiger partial charge on any atom is -0.508 e. The van der Waals surface area contributed by atoms with Gasteiger partial charge in [0, 0.05) is 12.6 Å². The number of piperidine rings is 1.